The normalized spacial score (nSPS) is 17.1. The van der Waals surface area contributed by atoms with E-state index in [2.05, 4.69) is 10.2 Å². The van der Waals surface area contributed by atoms with E-state index < -0.39 is 10.0 Å². The molecular formula is C13H17ClN4O3S2. The highest BCUT2D eigenvalue weighted by molar-refractivity contribution is 7.91. The van der Waals surface area contributed by atoms with Crippen LogP contribution < -0.4 is 4.90 Å². The Hall–Kier alpha value is -1.16. The molecule has 0 spiro atoms. The molecule has 0 bridgehead atoms. The van der Waals surface area contributed by atoms with Gasteiger partial charge in [-0.05, 0) is 12.1 Å². The number of hydrogen-bond donors (Lipinski definition) is 0. The van der Waals surface area contributed by atoms with E-state index in [-0.39, 0.29) is 10.1 Å². The first-order valence-corrected chi connectivity index (χ1v) is 9.85. The highest BCUT2D eigenvalue weighted by Crippen LogP contribution is 2.29. The number of rotatable bonds is 4. The molecular weight excluding hydrogens is 360 g/mol. The number of halogens is 1. The van der Waals surface area contributed by atoms with Crippen molar-refractivity contribution in [1.29, 1.82) is 0 Å². The lowest BCUT2D eigenvalue weighted by Gasteiger charge is -2.32. The minimum absolute atomic E-state index is 0.168. The number of piperazine rings is 1. The van der Waals surface area contributed by atoms with Crippen molar-refractivity contribution >= 4 is 39.0 Å². The van der Waals surface area contributed by atoms with Gasteiger partial charge in [0.05, 0.1) is 4.34 Å². The van der Waals surface area contributed by atoms with E-state index in [1.54, 1.807) is 12.1 Å². The van der Waals surface area contributed by atoms with Crippen LogP contribution in [-0.2, 0) is 10.0 Å². The molecule has 0 unspecified atom stereocenters. The lowest BCUT2D eigenvalue weighted by Crippen LogP contribution is -2.48. The van der Waals surface area contributed by atoms with Crippen molar-refractivity contribution in [1.82, 2.24) is 14.5 Å². The van der Waals surface area contributed by atoms with E-state index in [1.807, 2.05) is 18.7 Å². The van der Waals surface area contributed by atoms with E-state index in [4.69, 9.17) is 16.0 Å². The maximum atomic E-state index is 12.5. The van der Waals surface area contributed by atoms with Crippen LogP contribution >= 0.6 is 22.9 Å². The minimum Gasteiger partial charge on any atom is -0.408 e. The van der Waals surface area contributed by atoms with Crippen molar-refractivity contribution in [2.45, 2.75) is 24.0 Å². The fourth-order valence-electron chi connectivity index (χ4n) is 2.27. The zero-order chi connectivity index (χ0) is 16.6. The molecule has 0 N–H and O–H groups in total. The first kappa shape index (κ1) is 16.7. The van der Waals surface area contributed by atoms with Crippen LogP contribution in [0.15, 0.2) is 20.8 Å². The van der Waals surface area contributed by atoms with Gasteiger partial charge in [0, 0.05) is 32.1 Å². The Balaban J connectivity index is 1.68. The summed E-state index contributed by atoms with van der Waals surface area (Å²) in [7, 11) is -3.48. The van der Waals surface area contributed by atoms with Gasteiger partial charge in [0.15, 0.2) is 0 Å². The van der Waals surface area contributed by atoms with Crippen molar-refractivity contribution in [3.8, 4) is 0 Å². The zero-order valence-corrected chi connectivity index (χ0v) is 15.2. The van der Waals surface area contributed by atoms with Crippen molar-refractivity contribution in [3.63, 3.8) is 0 Å². The molecule has 1 aliphatic heterocycles. The number of thiophene rings is 1. The Morgan fingerprint density at radius 2 is 1.91 bits per heavy atom. The van der Waals surface area contributed by atoms with Crippen LogP contribution in [0.5, 0.6) is 0 Å². The Labute approximate surface area is 143 Å². The molecule has 1 saturated heterocycles. The van der Waals surface area contributed by atoms with Gasteiger partial charge in [0.1, 0.15) is 4.21 Å². The second-order valence-corrected chi connectivity index (χ2v) is 9.41. The zero-order valence-electron chi connectivity index (χ0n) is 12.8. The smallest absolute Gasteiger partial charge is 0.318 e. The van der Waals surface area contributed by atoms with Gasteiger partial charge in [0.25, 0.3) is 10.0 Å². The highest BCUT2D eigenvalue weighted by Gasteiger charge is 2.31. The highest BCUT2D eigenvalue weighted by atomic mass is 35.5. The maximum absolute atomic E-state index is 12.5. The summed E-state index contributed by atoms with van der Waals surface area (Å²) in [6, 6.07) is 3.59. The van der Waals surface area contributed by atoms with Gasteiger partial charge in [0.2, 0.25) is 5.89 Å². The third-order valence-corrected chi connectivity index (χ3v) is 7.17. The summed E-state index contributed by atoms with van der Waals surface area (Å²) in [5, 5.41) is 8.04. The number of hydrogen-bond acceptors (Lipinski definition) is 7. The molecule has 7 nitrogen and oxygen atoms in total. The largest absolute Gasteiger partial charge is 0.408 e. The standard InChI is InChI=1S/C13H17ClN4O3S2/c1-9(2)12-15-16-13(21-12)17-5-7-18(8-6-17)23(19,20)11-4-3-10(14)22-11/h3-4,9H,5-8H2,1-2H3. The minimum atomic E-state index is -3.48. The molecule has 1 fully saturated rings. The monoisotopic (exact) mass is 376 g/mol. The molecule has 0 aliphatic carbocycles. The number of anilines is 1. The quantitative estimate of drug-likeness (QED) is 0.815. The van der Waals surface area contributed by atoms with Gasteiger partial charge < -0.3 is 9.32 Å². The van der Waals surface area contributed by atoms with Crippen LogP contribution in [0, 0.1) is 0 Å². The predicted molar refractivity (Wildman–Crippen MR) is 88.7 cm³/mol. The van der Waals surface area contributed by atoms with Crippen LogP contribution in [0.3, 0.4) is 0 Å². The molecule has 3 heterocycles. The van der Waals surface area contributed by atoms with E-state index in [1.165, 1.54) is 4.31 Å². The van der Waals surface area contributed by atoms with Gasteiger partial charge in [-0.25, -0.2) is 8.42 Å². The van der Waals surface area contributed by atoms with Gasteiger partial charge in [-0.1, -0.05) is 30.5 Å². The van der Waals surface area contributed by atoms with Gasteiger partial charge >= 0.3 is 6.01 Å². The van der Waals surface area contributed by atoms with Gasteiger partial charge in [-0.15, -0.1) is 16.4 Å². The number of nitrogens with zero attached hydrogens (tertiary/aromatic N) is 4. The summed E-state index contributed by atoms with van der Waals surface area (Å²) >= 11 is 6.91. The third-order valence-electron chi connectivity index (χ3n) is 3.58. The Bertz CT molecular complexity index is 779. The van der Waals surface area contributed by atoms with Crippen LogP contribution in [0.1, 0.15) is 25.7 Å². The SMILES string of the molecule is CC(C)c1nnc(N2CCN(S(=O)(=O)c3ccc(Cl)s3)CC2)o1. The Kier molecular flexibility index (Phi) is 4.63. The molecule has 0 saturated carbocycles. The van der Waals surface area contributed by atoms with Crippen LogP contribution in [0.25, 0.3) is 0 Å². The van der Waals surface area contributed by atoms with Gasteiger partial charge in [-0.2, -0.15) is 4.31 Å². The van der Waals surface area contributed by atoms with Gasteiger partial charge in [-0.3, -0.25) is 0 Å². The summed E-state index contributed by atoms with van der Waals surface area (Å²) in [6.45, 7) is 5.73. The molecule has 3 rings (SSSR count). The second kappa shape index (κ2) is 6.39. The van der Waals surface area contributed by atoms with Crippen molar-refractivity contribution in [2.24, 2.45) is 0 Å². The molecule has 126 valence electrons. The van der Waals surface area contributed by atoms with Crippen LogP contribution in [0.4, 0.5) is 6.01 Å². The van der Waals surface area contributed by atoms with E-state index in [0.717, 1.165) is 11.3 Å². The molecule has 0 atom stereocenters. The van der Waals surface area contributed by atoms with Crippen molar-refractivity contribution < 1.29 is 12.8 Å². The molecule has 0 radical (unpaired) electrons. The predicted octanol–water partition coefficient (Wildman–Crippen LogP) is 2.42. The van der Waals surface area contributed by atoms with E-state index >= 15 is 0 Å². The Morgan fingerprint density at radius 3 is 2.43 bits per heavy atom. The molecule has 2 aromatic rings. The fourth-order valence-corrected chi connectivity index (χ4v) is 5.33. The first-order valence-electron chi connectivity index (χ1n) is 7.22. The topological polar surface area (TPSA) is 79.5 Å². The summed E-state index contributed by atoms with van der Waals surface area (Å²) in [4.78, 5) is 1.91. The molecule has 1 aliphatic rings. The lowest BCUT2D eigenvalue weighted by atomic mass is 10.2. The number of aromatic nitrogens is 2. The summed E-state index contributed by atoms with van der Waals surface area (Å²) in [5.41, 5.74) is 0. The maximum Gasteiger partial charge on any atom is 0.318 e. The second-order valence-electron chi connectivity index (χ2n) is 5.53. The Morgan fingerprint density at radius 1 is 1.22 bits per heavy atom. The van der Waals surface area contributed by atoms with Crippen molar-refractivity contribution in [3.05, 3.63) is 22.4 Å². The average Bonchev–Trinajstić information content (AvgIpc) is 3.16. The molecule has 0 amide bonds. The summed E-state index contributed by atoms with van der Waals surface area (Å²) in [5.74, 6) is 0.754. The molecule has 0 aromatic carbocycles. The average molecular weight is 377 g/mol. The lowest BCUT2D eigenvalue weighted by molar-refractivity contribution is 0.368. The summed E-state index contributed by atoms with van der Waals surface area (Å²) < 4.78 is 32.9. The van der Waals surface area contributed by atoms with Crippen molar-refractivity contribution in [2.75, 3.05) is 31.1 Å². The molecule has 10 heteroatoms. The first-order chi connectivity index (χ1) is 10.9. The number of sulfonamides is 1. The van der Waals surface area contributed by atoms with Crippen LogP contribution in [-0.4, -0.2) is 49.1 Å². The van der Waals surface area contributed by atoms with E-state index in [9.17, 15) is 8.42 Å². The fraction of sp³-hybridized carbons (Fsp3) is 0.538. The third kappa shape index (κ3) is 3.37. The molecule has 2 aromatic heterocycles. The molecule has 23 heavy (non-hydrogen) atoms. The summed E-state index contributed by atoms with van der Waals surface area (Å²) in [6.07, 6.45) is 0. The van der Waals surface area contributed by atoms with Crippen LogP contribution in [0.2, 0.25) is 4.34 Å². The van der Waals surface area contributed by atoms with E-state index in [0.29, 0.717) is 42.4 Å².